The lowest BCUT2D eigenvalue weighted by molar-refractivity contribution is -0.139. The van der Waals surface area contributed by atoms with Gasteiger partial charge in [0.05, 0.1) is 0 Å². The Kier molecular flexibility index (Phi) is 4.93. The van der Waals surface area contributed by atoms with E-state index in [1.807, 2.05) is 13.8 Å². The Bertz CT molecular complexity index is 283. The van der Waals surface area contributed by atoms with Gasteiger partial charge in [0.2, 0.25) is 5.91 Å². The fraction of sp³-hybridized carbons (Fsp3) is 0.833. The average molecular weight is 242 g/mol. The minimum Gasteiger partial charge on any atom is -0.380 e. The van der Waals surface area contributed by atoms with Crippen molar-refractivity contribution in [2.45, 2.75) is 45.1 Å². The van der Waals surface area contributed by atoms with Gasteiger partial charge in [-0.05, 0) is 25.7 Å². The van der Waals surface area contributed by atoms with E-state index in [0.29, 0.717) is 25.9 Å². The van der Waals surface area contributed by atoms with E-state index < -0.39 is 5.60 Å². The summed E-state index contributed by atoms with van der Waals surface area (Å²) in [6, 6.07) is 0. The first-order chi connectivity index (χ1) is 7.96. The van der Waals surface area contributed by atoms with Crippen LogP contribution in [0.5, 0.6) is 0 Å². The number of carbonyl (C=O) groups excluding carboxylic acids is 2. The number of hydrogen-bond donors (Lipinski definition) is 3. The van der Waals surface area contributed by atoms with Crippen LogP contribution in [0, 0.1) is 5.92 Å². The quantitative estimate of drug-likeness (QED) is 0.602. The first kappa shape index (κ1) is 14.0. The first-order valence-electron chi connectivity index (χ1n) is 6.24. The van der Waals surface area contributed by atoms with Crippen LogP contribution in [0.1, 0.15) is 39.5 Å². The van der Waals surface area contributed by atoms with Crippen LogP contribution in [0.3, 0.4) is 0 Å². The van der Waals surface area contributed by atoms with E-state index in [1.54, 1.807) is 0 Å². The van der Waals surface area contributed by atoms with E-state index in [-0.39, 0.29) is 17.7 Å². The Morgan fingerprint density at radius 1 is 1.18 bits per heavy atom. The smallest absolute Gasteiger partial charge is 0.252 e. The highest BCUT2D eigenvalue weighted by Crippen LogP contribution is 2.29. The van der Waals surface area contributed by atoms with E-state index >= 15 is 0 Å². The summed E-state index contributed by atoms with van der Waals surface area (Å²) in [5.74, 6) is -0.391. The molecule has 1 saturated carbocycles. The van der Waals surface area contributed by atoms with Gasteiger partial charge in [-0.1, -0.05) is 13.8 Å². The molecule has 1 rings (SSSR count). The summed E-state index contributed by atoms with van der Waals surface area (Å²) in [5.41, 5.74) is -1.18. The molecule has 17 heavy (non-hydrogen) atoms. The van der Waals surface area contributed by atoms with Gasteiger partial charge in [-0.2, -0.15) is 0 Å². The standard InChI is InChI=1S/C12H22N2O3/c1-9(2)10(15)13-7-8-14-11(16)12(17)5-3-4-6-12/h9,17H,3-8H2,1-2H3,(H,13,15)(H,14,16). The van der Waals surface area contributed by atoms with Gasteiger partial charge >= 0.3 is 0 Å². The van der Waals surface area contributed by atoms with E-state index in [0.717, 1.165) is 12.8 Å². The second kappa shape index (κ2) is 6.00. The molecule has 3 N–H and O–H groups in total. The number of amides is 2. The molecule has 0 aromatic carbocycles. The van der Waals surface area contributed by atoms with Crippen LogP contribution in [0.25, 0.3) is 0 Å². The van der Waals surface area contributed by atoms with Crippen molar-refractivity contribution < 1.29 is 14.7 Å². The van der Waals surface area contributed by atoms with Crippen molar-refractivity contribution in [1.29, 1.82) is 0 Å². The Morgan fingerprint density at radius 2 is 1.71 bits per heavy atom. The lowest BCUT2D eigenvalue weighted by atomic mass is 10.0. The molecule has 98 valence electrons. The summed E-state index contributed by atoms with van der Waals surface area (Å²) >= 11 is 0. The Balaban J connectivity index is 2.18. The van der Waals surface area contributed by atoms with Gasteiger partial charge in [0.1, 0.15) is 5.60 Å². The topological polar surface area (TPSA) is 78.4 Å². The van der Waals surface area contributed by atoms with Crippen molar-refractivity contribution in [1.82, 2.24) is 10.6 Å². The molecule has 5 heteroatoms. The van der Waals surface area contributed by atoms with Crippen LogP contribution in [0.15, 0.2) is 0 Å². The molecule has 0 bridgehead atoms. The third-order valence-corrected chi connectivity index (χ3v) is 3.09. The van der Waals surface area contributed by atoms with Gasteiger partial charge in [-0.25, -0.2) is 0 Å². The Hall–Kier alpha value is -1.10. The highest BCUT2D eigenvalue weighted by molar-refractivity contribution is 5.85. The monoisotopic (exact) mass is 242 g/mol. The Labute approximate surface area is 102 Å². The zero-order valence-electron chi connectivity index (χ0n) is 10.6. The fourth-order valence-electron chi connectivity index (χ4n) is 1.92. The van der Waals surface area contributed by atoms with Gasteiger partial charge in [0, 0.05) is 19.0 Å². The summed E-state index contributed by atoms with van der Waals surface area (Å²) in [6.45, 7) is 4.39. The molecule has 0 radical (unpaired) electrons. The molecule has 0 spiro atoms. The molecule has 0 aromatic rings. The number of carbonyl (C=O) groups is 2. The molecule has 1 fully saturated rings. The van der Waals surface area contributed by atoms with Crippen LogP contribution in [0.4, 0.5) is 0 Å². The predicted octanol–water partition coefficient (Wildman–Crippen LogP) is 0.180. The third-order valence-electron chi connectivity index (χ3n) is 3.09. The second-order valence-corrected chi connectivity index (χ2v) is 4.94. The minimum atomic E-state index is -1.18. The zero-order valence-corrected chi connectivity index (χ0v) is 10.6. The summed E-state index contributed by atoms with van der Waals surface area (Å²) in [6.07, 6.45) is 2.87. The van der Waals surface area contributed by atoms with Crippen LogP contribution >= 0.6 is 0 Å². The molecule has 0 saturated heterocycles. The molecular weight excluding hydrogens is 220 g/mol. The van der Waals surface area contributed by atoms with Gasteiger partial charge in [-0.15, -0.1) is 0 Å². The predicted molar refractivity (Wildman–Crippen MR) is 64.3 cm³/mol. The summed E-state index contributed by atoms with van der Waals surface area (Å²) < 4.78 is 0. The van der Waals surface area contributed by atoms with Gasteiger partial charge in [0.25, 0.3) is 5.91 Å². The number of nitrogens with one attached hydrogen (secondary N) is 2. The number of aliphatic hydroxyl groups is 1. The van der Waals surface area contributed by atoms with Gasteiger partial charge in [-0.3, -0.25) is 9.59 Å². The first-order valence-corrected chi connectivity index (χ1v) is 6.24. The van der Waals surface area contributed by atoms with E-state index in [9.17, 15) is 14.7 Å². The molecule has 5 nitrogen and oxygen atoms in total. The van der Waals surface area contributed by atoms with Gasteiger partial charge in [0.15, 0.2) is 0 Å². The summed E-state index contributed by atoms with van der Waals surface area (Å²) in [5, 5.41) is 15.3. The van der Waals surface area contributed by atoms with Crippen molar-refractivity contribution in [2.75, 3.05) is 13.1 Å². The second-order valence-electron chi connectivity index (χ2n) is 4.94. The molecule has 0 aliphatic heterocycles. The molecular formula is C12H22N2O3. The zero-order chi connectivity index (χ0) is 12.9. The van der Waals surface area contributed by atoms with Crippen molar-refractivity contribution in [3.63, 3.8) is 0 Å². The SMILES string of the molecule is CC(C)C(=O)NCCNC(=O)C1(O)CCCC1. The van der Waals surface area contributed by atoms with E-state index in [1.165, 1.54) is 0 Å². The van der Waals surface area contributed by atoms with E-state index in [4.69, 9.17) is 0 Å². The Morgan fingerprint density at radius 3 is 2.24 bits per heavy atom. The average Bonchev–Trinajstić information content (AvgIpc) is 2.72. The van der Waals surface area contributed by atoms with Crippen LogP contribution in [-0.4, -0.2) is 35.6 Å². The maximum Gasteiger partial charge on any atom is 0.252 e. The highest BCUT2D eigenvalue weighted by atomic mass is 16.3. The third kappa shape index (κ3) is 4.00. The molecule has 0 aromatic heterocycles. The lowest BCUT2D eigenvalue weighted by Crippen LogP contribution is -2.47. The van der Waals surface area contributed by atoms with E-state index in [2.05, 4.69) is 10.6 Å². The van der Waals surface area contributed by atoms with Crippen molar-refractivity contribution in [3.05, 3.63) is 0 Å². The van der Waals surface area contributed by atoms with Crippen LogP contribution < -0.4 is 10.6 Å². The number of rotatable bonds is 5. The van der Waals surface area contributed by atoms with Crippen molar-refractivity contribution >= 4 is 11.8 Å². The molecule has 0 unspecified atom stereocenters. The van der Waals surface area contributed by atoms with Gasteiger partial charge < -0.3 is 15.7 Å². The molecule has 1 aliphatic rings. The van der Waals surface area contributed by atoms with Crippen molar-refractivity contribution in [2.24, 2.45) is 5.92 Å². The maximum absolute atomic E-state index is 11.7. The van der Waals surface area contributed by atoms with Crippen LogP contribution in [0.2, 0.25) is 0 Å². The molecule has 0 atom stereocenters. The van der Waals surface area contributed by atoms with Crippen molar-refractivity contribution in [3.8, 4) is 0 Å². The fourth-order valence-corrected chi connectivity index (χ4v) is 1.92. The molecule has 2 amide bonds. The normalized spacial score (nSPS) is 18.1. The molecule has 1 aliphatic carbocycles. The summed E-state index contributed by atoms with van der Waals surface area (Å²) in [4.78, 5) is 22.9. The highest BCUT2D eigenvalue weighted by Gasteiger charge is 2.38. The summed E-state index contributed by atoms with van der Waals surface area (Å²) in [7, 11) is 0. The maximum atomic E-state index is 11.7. The largest absolute Gasteiger partial charge is 0.380 e. The molecule has 0 heterocycles. The lowest BCUT2D eigenvalue weighted by Gasteiger charge is -2.21. The van der Waals surface area contributed by atoms with Crippen LogP contribution in [-0.2, 0) is 9.59 Å². The number of hydrogen-bond acceptors (Lipinski definition) is 3. The minimum absolute atomic E-state index is 0.0289.